The average Bonchev–Trinajstić information content (AvgIpc) is 2.89. The van der Waals surface area contributed by atoms with Crippen LogP contribution >= 0.6 is 11.6 Å². The standard InChI is InChI=1S/C30H35ClN2O3/c1-23(2)21-32-30(35)28(20-24-10-5-3-6-11-24)33(22-25-12-7-4-8-13-25)29(34)14-9-19-36-27-17-15-26(31)16-18-27/h3-8,10-13,15-18,23,28H,9,14,19-22H2,1-2H3,(H,32,35)/t28-/m1/s1. The first kappa shape index (κ1) is 27.3. The van der Waals surface area contributed by atoms with Crippen LogP contribution in [-0.4, -0.2) is 35.9 Å². The number of nitrogens with one attached hydrogen (secondary N) is 1. The van der Waals surface area contributed by atoms with Crippen LogP contribution in [0.5, 0.6) is 5.75 Å². The minimum Gasteiger partial charge on any atom is -0.494 e. The fraction of sp³-hybridized carbons (Fsp3) is 0.333. The van der Waals surface area contributed by atoms with Crippen molar-refractivity contribution in [1.29, 1.82) is 0 Å². The molecule has 0 fully saturated rings. The summed E-state index contributed by atoms with van der Waals surface area (Å²) in [7, 11) is 0. The lowest BCUT2D eigenvalue weighted by Crippen LogP contribution is -2.51. The molecule has 190 valence electrons. The molecule has 3 aromatic rings. The van der Waals surface area contributed by atoms with Crippen molar-refractivity contribution in [3.8, 4) is 5.75 Å². The first-order valence-corrected chi connectivity index (χ1v) is 12.8. The SMILES string of the molecule is CC(C)CNC(=O)[C@@H](Cc1ccccc1)N(Cc1ccccc1)C(=O)CCCOc1ccc(Cl)cc1. The fourth-order valence-corrected chi connectivity index (χ4v) is 3.97. The van der Waals surface area contributed by atoms with Gasteiger partial charge in [-0.05, 0) is 47.7 Å². The number of rotatable bonds is 13. The predicted octanol–water partition coefficient (Wildman–Crippen LogP) is 5.91. The van der Waals surface area contributed by atoms with Gasteiger partial charge in [0.1, 0.15) is 11.8 Å². The van der Waals surface area contributed by atoms with Crippen LogP contribution in [0.15, 0.2) is 84.9 Å². The van der Waals surface area contributed by atoms with Crippen molar-refractivity contribution >= 4 is 23.4 Å². The van der Waals surface area contributed by atoms with Gasteiger partial charge in [-0.25, -0.2) is 0 Å². The van der Waals surface area contributed by atoms with E-state index in [9.17, 15) is 9.59 Å². The maximum atomic E-state index is 13.6. The van der Waals surface area contributed by atoms with Crippen LogP contribution < -0.4 is 10.1 Å². The van der Waals surface area contributed by atoms with Crippen molar-refractivity contribution in [2.24, 2.45) is 5.92 Å². The predicted molar refractivity (Wildman–Crippen MR) is 145 cm³/mol. The molecule has 0 aliphatic carbocycles. The zero-order valence-electron chi connectivity index (χ0n) is 21.0. The number of hydrogen-bond donors (Lipinski definition) is 1. The number of amides is 2. The van der Waals surface area contributed by atoms with E-state index in [4.69, 9.17) is 16.3 Å². The molecule has 0 heterocycles. The van der Waals surface area contributed by atoms with E-state index in [2.05, 4.69) is 19.2 Å². The van der Waals surface area contributed by atoms with E-state index in [1.54, 1.807) is 29.2 Å². The highest BCUT2D eigenvalue weighted by Gasteiger charge is 2.30. The highest BCUT2D eigenvalue weighted by Crippen LogP contribution is 2.18. The van der Waals surface area contributed by atoms with Gasteiger partial charge in [-0.15, -0.1) is 0 Å². The van der Waals surface area contributed by atoms with E-state index in [1.807, 2.05) is 60.7 Å². The molecule has 5 nitrogen and oxygen atoms in total. The summed E-state index contributed by atoms with van der Waals surface area (Å²) in [4.78, 5) is 28.7. The van der Waals surface area contributed by atoms with Gasteiger partial charge in [-0.1, -0.05) is 86.1 Å². The lowest BCUT2D eigenvalue weighted by atomic mass is 10.0. The third-order valence-corrected chi connectivity index (χ3v) is 6.02. The zero-order valence-corrected chi connectivity index (χ0v) is 21.8. The van der Waals surface area contributed by atoms with E-state index in [1.165, 1.54) is 0 Å². The van der Waals surface area contributed by atoms with Gasteiger partial charge in [0.05, 0.1) is 6.61 Å². The van der Waals surface area contributed by atoms with Crippen molar-refractivity contribution in [2.75, 3.05) is 13.2 Å². The third kappa shape index (κ3) is 9.04. The summed E-state index contributed by atoms with van der Waals surface area (Å²) < 4.78 is 5.77. The molecule has 0 saturated heterocycles. The molecule has 0 bridgehead atoms. The van der Waals surface area contributed by atoms with Crippen LogP contribution in [0.3, 0.4) is 0 Å². The molecule has 1 N–H and O–H groups in total. The molecular weight excluding hydrogens is 472 g/mol. The van der Waals surface area contributed by atoms with Crippen molar-refractivity contribution in [3.63, 3.8) is 0 Å². The van der Waals surface area contributed by atoms with Crippen LogP contribution in [0.25, 0.3) is 0 Å². The van der Waals surface area contributed by atoms with Crippen LogP contribution in [0.4, 0.5) is 0 Å². The summed E-state index contributed by atoms with van der Waals surface area (Å²) in [5.74, 6) is 0.825. The maximum Gasteiger partial charge on any atom is 0.243 e. The quantitative estimate of drug-likeness (QED) is 0.293. The minimum atomic E-state index is -0.615. The molecule has 1 atom stereocenters. The highest BCUT2D eigenvalue weighted by molar-refractivity contribution is 6.30. The molecule has 3 aromatic carbocycles. The number of ether oxygens (including phenoxy) is 1. The largest absolute Gasteiger partial charge is 0.494 e. The number of benzene rings is 3. The lowest BCUT2D eigenvalue weighted by Gasteiger charge is -2.32. The van der Waals surface area contributed by atoms with E-state index >= 15 is 0 Å². The highest BCUT2D eigenvalue weighted by atomic mass is 35.5. The Labute approximate surface area is 219 Å². The molecule has 0 aliphatic heterocycles. The zero-order chi connectivity index (χ0) is 25.8. The summed E-state index contributed by atoms with van der Waals surface area (Å²) >= 11 is 5.93. The molecule has 0 aliphatic rings. The van der Waals surface area contributed by atoms with Gasteiger partial charge in [-0.3, -0.25) is 9.59 Å². The Morgan fingerprint density at radius 2 is 1.50 bits per heavy atom. The topological polar surface area (TPSA) is 58.6 Å². The monoisotopic (exact) mass is 506 g/mol. The molecule has 0 saturated carbocycles. The van der Waals surface area contributed by atoms with Crippen molar-refractivity contribution < 1.29 is 14.3 Å². The molecule has 3 rings (SSSR count). The van der Waals surface area contributed by atoms with Crippen LogP contribution in [0.2, 0.25) is 5.02 Å². The molecule has 0 spiro atoms. The summed E-state index contributed by atoms with van der Waals surface area (Å²) in [6, 6.07) is 26.2. The molecule has 2 amide bonds. The van der Waals surface area contributed by atoms with Gasteiger partial charge in [0.2, 0.25) is 11.8 Å². The van der Waals surface area contributed by atoms with Gasteiger partial charge < -0.3 is 15.0 Å². The van der Waals surface area contributed by atoms with Gasteiger partial charge in [0.15, 0.2) is 0 Å². The van der Waals surface area contributed by atoms with Crippen LogP contribution in [-0.2, 0) is 22.6 Å². The maximum absolute atomic E-state index is 13.6. The molecule has 6 heteroatoms. The summed E-state index contributed by atoms with van der Waals surface area (Å²) in [6.07, 6.45) is 1.27. The second kappa shape index (κ2) is 14.3. The van der Waals surface area contributed by atoms with Crippen molar-refractivity contribution in [3.05, 3.63) is 101 Å². The number of nitrogens with zero attached hydrogens (tertiary/aromatic N) is 1. The van der Waals surface area contributed by atoms with Gasteiger partial charge in [-0.2, -0.15) is 0 Å². The number of carbonyl (C=O) groups is 2. The van der Waals surface area contributed by atoms with E-state index in [0.29, 0.717) is 49.2 Å². The fourth-order valence-electron chi connectivity index (χ4n) is 3.84. The third-order valence-electron chi connectivity index (χ3n) is 5.77. The van der Waals surface area contributed by atoms with E-state index < -0.39 is 6.04 Å². The number of halogens is 1. The van der Waals surface area contributed by atoms with Crippen molar-refractivity contribution in [1.82, 2.24) is 10.2 Å². The summed E-state index contributed by atoms with van der Waals surface area (Å²) in [5.41, 5.74) is 2.00. The molecular formula is C30H35ClN2O3. The van der Waals surface area contributed by atoms with Gasteiger partial charge in [0.25, 0.3) is 0 Å². The molecule has 0 radical (unpaired) electrons. The first-order valence-electron chi connectivity index (χ1n) is 12.5. The van der Waals surface area contributed by atoms with E-state index in [-0.39, 0.29) is 18.2 Å². The summed E-state index contributed by atoms with van der Waals surface area (Å²) in [6.45, 7) is 5.44. The van der Waals surface area contributed by atoms with Gasteiger partial charge in [0, 0.05) is 31.0 Å². The van der Waals surface area contributed by atoms with E-state index in [0.717, 1.165) is 11.1 Å². The first-order chi connectivity index (χ1) is 17.4. The normalized spacial score (nSPS) is 11.7. The Bertz CT molecular complexity index is 1070. The second-order valence-corrected chi connectivity index (χ2v) is 9.69. The molecule has 0 aromatic heterocycles. The van der Waals surface area contributed by atoms with Gasteiger partial charge >= 0.3 is 0 Å². The lowest BCUT2D eigenvalue weighted by molar-refractivity contribution is -0.141. The second-order valence-electron chi connectivity index (χ2n) is 9.26. The Morgan fingerprint density at radius 1 is 0.889 bits per heavy atom. The summed E-state index contributed by atoms with van der Waals surface area (Å²) in [5, 5.41) is 3.70. The molecule has 36 heavy (non-hydrogen) atoms. The smallest absolute Gasteiger partial charge is 0.243 e. The number of carbonyl (C=O) groups excluding carboxylic acids is 2. The Kier molecular flexibility index (Phi) is 10.8. The minimum absolute atomic E-state index is 0.0702. The Balaban J connectivity index is 1.75. The van der Waals surface area contributed by atoms with Crippen molar-refractivity contribution in [2.45, 2.75) is 45.7 Å². The Hall–Kier alpha value is -3.31. The number of hydrogen-bond acceptors (Lipinski definition) is 3. The average molecular weight is 507 g/mol. The van der Waals surface area contributed by atoms with Crippen LogP contribution in [0.1, 0.15) is 37.8 Å². The molecule has 0 unspecified atom stereocenters. The van der Waals surface area contributed by atoms with Crippen LogP contribution in [0, 0.1) is 5.92 Å². The Morgan fingerprint density at radius 3 is 2.11 bits per heavy atom.